The fourth-order valence-corrected chi connectivity index (χ4v) is 2.17. The molecule has 0 atom stereocenters. The lowest BCUT2D eigenvalue weighted by Crippen LogP contribution is -2.17. The van der Waals surface area contributed by atoms with Crippen LogP contribution in [0.5, 0.6) is 5.75 Å². The highest BCUT2D eigenvalue weighted by molar-refractivity contribution is 9.10. The van der Waals surface area contributed by atoms with Gasteiger partial charge in [-0.1, -0.05) is 6.07 Å². The lowest BCUT2D eigenvalue weighted by molar-refractivity contribution is -0.274. The number of ether oxygens (including phenoxy) is 1. The third-order valence-corrected chi connectivity index (χ3v) is 3.36. The number of alkyl halides is 3. The lowest BCUT2D eigenvalue weighted by atomic mass is 10.2. The summed E-state index contributed by atoms with van der Waals surface area (Å²) in [5.41, 5.74) is 2.59. The Hall–Kier alpha value is -1.76. The van der Waals surface area contributed by atoms with E-state index in [9.17, 15) is 13.2 Å². The Balaban J connectivity index is 2.05. The van der Waals surface area contributed by atoms with Crippen molar-refractivity contribution in [2.45, 2.75) is 19.8 Å². The first-order valence-electron chi connectivity index (χ1n) is 6.05. The molecule has 2 aromatic rings. The normalized spacial score (nSPS) is 11.3. The molecule has 0 unspecified atom stereocenters. The largest absolute Gasteiger partial charge is 0.573 e. The van der Waals surface area contributed by atoms with Gasteiger partial charge in [-0.05, 0) is 52.7 Å². The quantitative estimate of drug-likeness (QED) is 0.860. The van der Waals surface area contributed by atoms with Gasteiger partial charge in [-0.3, -0.25) is 4.98 Å². The highest BCUT2D eigenvalue weighted by Crippen LogP contribution is 2.32. The van der Waals surface area contributed by atoms with Crippen molar-refractivity contribution in [3.63, 3.8) is 0 Å². The van der Waals surface area contributed by atoms with Crippen LogP contribution in [0.1, 0.15) is 11.3 Å². The smallest absolute Gasteiger partial charge is 0.405 e. The van der Waals surface area contributed by atoms with Crippen molar-refractivity contribution < 1.29 is 17.9 Å². The van der Waals surface area contributed by atoms with E-state index < -0.39 is 6.36 Å². The van der Waals surface area contributed by atoms with Crippen molar-refractivity contribution in [3.05, 3.63) is 52.3 Å². The highest BCUT2D eigenvalue weighted by Gasteiger charge is 2.31. The van der Waals surface area contributed by atoms with E-state index in [0.717, 1.165) is 11.3 Å². The molecule has 0 radical (unpaired) electrons. The average molecular weight is 361 g/mol. The van der Waals surface area contributed by atoms with Crippen LogP contribution in [0, 0.1) is 6.92 Å². The van der Waals surface area contributed by atoms with Gasteiger partial charge in [0.1, 0.15) is 5.75 Å². The molecule has 0 fully saturated rings. The van der Waals surface area contributed by atoms with Crippen LogP contribution in [0.15, 0.2) is 41.0 Å². The molecule has 1 aromatic carbocycles. The van der Waals surface area contributed by atoms with Crippen LogP contribution in [0.4, 0.5) is 18.9 Å². The average Bonchev–Trinajstić information content (AvgIpc) is 2.39. The van der Waals surface area contributed by atoms with Gasteiger partial charge in [-0.25, -0.2) is 0 Å². The molecule has 0 spiro atoms. The van der Waals surface area contributed by atoms with E-state index in [1.165, 1.54) is 18.2 Å². The minimum atomic E-state index is -4.71. The second-order valence-corrected chi connectivity index (χ2v) is 5.17. The van der Waals surface area contributed by atoms with Crippen molar-refractivity contribution in [1.82, 2.24) is 4.98 Å². The number of hydrogen-bond acceptors (Lipinski definition) is 3. The fraction of sp³-hybridized carbons (Fsp3) is 0.214. The molecule has 7 heteroatoms. The summed E-state index contributed by atoms with van der Waals surface area (Å²) in [5, 5.41) is 3.10. The topological polar surface area (TPSA) is 34.2 Å². The Morgan fingerprint density at radius 1 is 1.29 bits per heavy atom. The summed E-state index contributed by atoms with van der Waals surface area (Å²) < 4.78 is 40.6. The Bertz CT molecular complexity index is 632. The summed E-state index contributed by atoms with van der Waals surface area (Å²) in [4.78, 5) is 4.23. The van der Waals surface area contributed by atoms with Gasteiger partial charge in [-0.2, -0.15) is 0 Å². The van der Waals surface area contributed by atoms with E-state index >= 15 is 0 Å². The number of hydrogen-bond donors (Lipinski definition) is 1. The Labute approximate surface area is 128 Å². The lowest BCUT2D eigenvalue weighted by Gasteiger charge is -2.12. The molecule has 112 valence electrons. The fourth-order valence-electron chi connectivity index (χ4n) is 1.71. The Morgan fingerprint density at radius 3 is 2.67 bits per heavy atom. The van der Waals surface area contributed by atoms with Crippen LogP contribution in [0.3, 0.4) is 0 Å². The molecule has 1 N–H and O–H groups in total. The second-order valence-electron chi connectivity index (χ2n) is 4.31. The summed E-state index contributed by atoms with van der Waals surface area (Å²) in [6.45, 7) is 2.43. The van der Waals surface area contributed by atoms with Crippen LogP contribution in [-0.4, -0.2) is 11.3 Å². The van der Waals surface area contributed by atoms with Gasteiger partial charge in [-0.15, -0.1) is 13.2 Å². The van der Waals surface area contributed by atoms with E-state index in [2.05, 4.69) is 31.0 Å². The van der Waals surface area contributed by atoms with Crippen molar-refractivity contribution in [2.75, 3.05) is 5.32 Å². The van der Waals surface area contributed by atoms with E-state index in [0.29, 0.717) is 12.2 Å². The van der Waals surface area contributed by atoms with E-state index in [1.54, 1.807) is 6.20 Å². The number of aryl methyl sites for hydroxylation is 1. The Kier molecular flexibility index (Phi) is 4.72. The van der Waals surface area contributed by atoms with E-state index in [4.69, 9.17) is 0 Å². The first-order chi connectivity index (χ1) is 9.85. The van der Waals surface area contributed by atoms with Gasteiger partial charge in [0.05, 0.1) is 16.7 Å². The van der Waals surface area contributed by atoms with Gasteiger partial charge in [0, 0.05) is 11.9 Å². The molecule has 2 rings (SSSR count). The first kappa shape index (κ1) is 15.6. The summed E-state index contributed by atoms with van der Waals surface area (Å²) in [5.74, 6) is -0.276. The number of anilines is 1. The van der Waals surface area contributed by atoms with Crippen molar-refractivity contribution in [2.24, 2.45) is 0 Å². The van der Waals surface area contributed by atoms with Gasteiger partial charge < -0.3 is 10.1 Å². The van der Waals surface area contributed by atoms with Crippen molar-refractivity contribution >= 4 is 21.6 Å². The molecule has 21 heavy (non-hydrogen) atoms. The monoisotopic (exact) mass is 360 g/mol. The molecule has 0 aliphatic carbocycles. The molecule has 0 aliphatic rings. The molecule has 0 amide bonds. The van der Waals surface area contributed by atoms with Crippen LogP contribution in [0.25, 0.3) is 0 Å². The van der Waals surface area contributed by atoms with Crippen LogP contribution >= 0.6 is 15.9 Å². The molecule has 0 bridgehead atoms. The molecular formula is C14H12BrF3N2O. The van der Waals surface area contributed by atoms with Crippen LogP contribution in [-0.2, 0) is 6.54 Å². The van der Waals surface area contributed by atoms with Gasteiger partial charge in [0.25, 0.3) is 0 Å². The first-order valence-corrected chi connectivity index (χ1v) is 6.84. The molecule has 3 nitrogen and oxygen atoms in total. The third-order valence-electron chi connectivity index (χ3n) is 2.74. The van der Waals surface area contributed by atoms with Crippen LogP contribution in [0.2, 0.25) is 0 Å². The standard InChI is InChI=1S/C14H12BrF3N2O/c1-9-3-2-6-19-12(9)8-20-10-4-5-13(11(15)7-10)21-14(16,17)18/h2-7,20H,8H2,1H3. The number of pyridine rings is 1. The van der Waals surface area contributed by atoms with Gasteiger partial charge >= 0.3 is 6.36 Å². The minimum Gasteiger partial charge on any atom is -0.405 e. The number of nitrogens with zero attached hydrogens (tertiary/aromatic N) is 1. The highest BCUT2D eigenvalue weighted by atomic mass is 79.9. The van der Waals surface area contributed by atoms with Gasteiger partial charge in [0.2, 0.25) is 0 Å². The predicted octanol–water partition coefficient (Wildman–Crippen LogP) is 4.66. The molecule has 0 saturated heterocycles. The Morgan fingerprint density at radius 2 is 2.05 bits per heavy atom. The maximum Gasteiger partial charge on any atom is 0.573 e. The summed E-state index contributed by atoms with van der Waals surface area (Å²) >= 11 is 3.06. The SMILES string of the molecule is Cc1cccnc1CNc1ccc(OC(F)(F)F)c(Br)c1. The zero-order valence-corrected chi connectivity index (χ0v) is 12.6. The summed E-state index contributed by atoms with van der Waals surface area (Å²) in [6.07, 6.45) is -3.01. The molecule has 1 heterocycles. The summed E-state index contributed by atoms with van der Waals surface area (Å²) in [6, 6.07) is 8.09. The minimum absolute atomic E-state index is 0.225. The van der Waals surface area contributed by atoms with E-state index in [1.807, 2.05) is 19.1 Å². The van der Waals surface area contributed by atoms with Crippen molar-refractivity contribution in [1.29, 1.82) is 0 Å². The van der Waals surface area contributed by atoms with Crippen molar-refractivity contribution in [3.8, 4) is 5.75 Å². The molecule has 1 aromatic heterocycles. The number of halogens is 4. The molecule has 0 aliphatic heterocycles. The van der Waals surface area contributed by atoms with Crippen LogP contribution < -0.4 is 10.1 Å². The molecular weight excluding hydrogens is 349 g/mol. The third kappa shape index (κ3) is 4.63. The number of benzene rings is 1. The maximum atomic E-state index is 12.2. The zero-order chi connectivity index (χ0) is 15.5. The van der Waals surface area contributed by atoms with Gasteiger partial charge in [0.15, 0.2) is 0 Å². The maximum absolute atomic E-state index is 12.2. The number of nitrogens with one attached hydrogen (secondary N) is 1. The predicted molar refractivity (Wildman–Crippen MR) is 77.1 cm³/mol. The molecule has 0 saturated carbocycles. The summed E-state index contributed by atoms with van der Waals surface area (Å²) in [7, 11) is 0. The number of aromatic nitrogens is 1. The second kappa shape index (κ2) is 6.34. The van der Waals surface area contributed by atoms with E-state index in [-0.39, 0.29) is 10.2 Å². The zero-order valence-electron chi connectivity index (χ0n) is 11.0. The number of rotatable bonds is 4.